The van der Waals surface area contributed by atoms with Gasteiger partial charge < -0.3 is 38.1 Å². The lowest BCUT2D eigenvalue weighted by atomic mass is 10.1. The van der Waals surface area contributed by atoms with Crippen molar-refractivity contribution in [2.24, 2.45) is 11.8 Å². The number of ether oxygens (including phenoxy) is 1. The van der Waals surface area contributed by atoms with Crippen molar-refractivity contribution in [3.8, 4) is 6.07 Å². The number of fused-ring (bicyclic) bond motifs is 1. The Bertz CT molecular complexity index is 2070. The Labute approximate surface area is 340 Å². The predicted octanol–water partition coefficient (Wildman–Crippen LogP) is 3.95. The Kier molecular flexibility index (Phi) is 15.1. The van der Waals surface area contributed by atoms with Crippen molar-refractivity contribution in [1.82, 2.24) is 29.5 Å². The predicted molar refractivity (Wildman–Crippen MR) is 215 cm³/mol. The minimum atomic E-state index is -4.02. The van der Waals surface area contributed by atoms with Gasteiger partial charge in [-0.3, -0.25) is 33.5 Å². The second-order valence-electron chi connectivity index (χ2n) is 15.7. The number of rotatable bonds is 18. The number of aliphatic hydroxyl groups excluding tert-OH is 1. The Morgan fingerprint density at radius 2 is 2.02 bits per heavy atom. The number of carbonyl (C=O) groups is 1. The minimum Gasteiger partial charge on any atom is -0.408 e. The van der Waals surface area contributed by atoms with Crippen LogP contribution in [0, 0.1) is 23.2 Å². The Balaban J connectivity index is 1.53. The van der Waals surface area contributed by atoms with Gasteiger partial charge in [0.05, 0.1) is 44.7 Å². The van der Waals surface area contributed by atoms with E-state index in [1.807, 2.05) is 39.9 Å². The van der Waals surface area contributed by atoms with Crippen LogP contribution in [0.5, 0.6) is 0 Å². The van der Waals surface area contributed by atoms with Crippen LogP contribution in [0.1, 0.15) is 53.7 Å². The number of aromatic nitrogens is 6. The van der Waals surface area contributed by atoms with Crippen LogP contribution >= 0.6 is 15.0 Å². The largest absolute Gasteiger partial charge is 0.408 e. The van der Waals surface area contributed by atoms with Gasteiger partial charge in [0.2, 0.25) is 11.9 Å². The van der Waals surface area contributed by atoms with Gasteiger partial charge in [-0.25, -0.2) is 19.3 Å². The molecule has 0 radical (unpaired) electrons. The zero-order valence-electron chi connectivity index (χ0n) is 33.0. The van der Waals surface area contributed by atoms with Gasteiger partial charge in [-0.05, 0) is 42.4 Å². The van der Waals surface area contributed by atoms with E-state index >= 15 is 4.39 Å². The third kappa shape index (κ3) is 10.8. The summed E-state index contributed by atoms with van der Waals surface area (Å²) in [5.41, 5.74) is -0.759. The molecule has 2 aliphatic rings. The first-order valence-electron chi connectivity index (χ1n) is 18.5. The van der Waals surface area contributed by atoms with Crippen LogP contribution in [0.15, 0.2) is 29.7 Å². The van der Waals surface area contributed by atoms with Gasteiger partial charge in [-0.2, -0.15) is 10.2 Å². The first kappa shape index (κ1) is 46.0. The van der Waals surface area contributed by atoms with E-state index in [9.17, 15) is 29.4 Å². The Morgan fingerprint density at radius 1 is 1.28 bits per heavy atom. The molecule has 25 heteroatoms. The second-order valence-corrected chi connectivity index (χ2v) is 24.1. The fraction of sp³-hybridized carbons (Fsp3) is 0.667. The van der Waals surface area contributed by atoms with Gasteiger partial charge in [0, 0.05) is 18.0 Å². The molecule has 1 saturated heterocycles. The van der Waals surface area contributed by atoms with Crippen LogP contribution < -0.4 is 16.2 Å². The molecule has 2 fully saturated rings. The lowest BCUT2D eigenvalue weighted by Gasteiger charge is -2.41. The van der Waals surface area contributed by atoms with Gasteiger partial charge in [0.25, 0.3) is 5.56 Å². The van der Waals surface area contributed by atoms with E-state index in [1.54, 1.807) is 13.8 Å². The summed E-state index contributed by atoms with van der Waals surface area (Å²) in [5.74, 6) is -1.51. The van der Waals surface area contributed by atoms with Crippen LogP contribution in [0.4, 0.5) is 16.2 Å². The molecule has 58 heavy (non-hydrogen) atoms. The average molecular weight is 890 g/mol. The van der Waals surface area contributed by atoms with E-state index in [1.165, 1.54) is 29.5 Å². The van der Waals surface area contributed by atoms with E-state index in [-0.39, 0.29) is 48.2 Å². The van der Waals surface area contributed by atoms with E-state index in [2.05, 4.69) is 35.6 Å². The fourth-order valence-corrected chi connectivity index (χ4v) is 10.1. The van der Waals surface area contributed by atoms with Gasteiger partial charge in [0.15, 0.2) is 25.7 Å². The van der Waals surface area contributed by atoms with Crippen LogP contribution in [-0.4, -0.2) is 110 Å². The topological polar surface area (TPSA) is 267 Å². The highest BCUT2D eigenvalue weighted by atomic mass is 32.5. The summed E-state index contributed by atoms with van der Waals surface area (Å²) in [7, 11) is -6.30. The molecule has 0 aromatic carbocycles. The van der Waals surface area contributed by atoms with Crippen molar-refractivity contribution in [2.75, 3.05) is 30.5 Å². The minimum absolute atomic E-state index is 0.00733. The zero-order chi connectivity index (χ0) is 42.6. The Morgan fingerprint density at radius 3 is 2.64 bits per heavy atom. The molecule has 1 aliphatic heterocycles. The smallest absolute Gasteiger partial charge is 0.327 e. The molecule has 4 heterocycles. The number of aromatic amines is 1. The molecule has 3 aromatic heterocycles. The van der Waals surface area contributed by atoms with Gasteiger partial charge in [-0.1, -0.05) is 34.6 Å². The summed E-state index contributed by atoms with van der Waals surface area (Å²) in [4.78, 5) is 54.6. The van der Waals surface area contributed by atoms with Crippen molar-refractivity contribution in [3.63, 3.8) is 0 Å². The molecule has 3 aromatic rings. The number of alkyl halides is 1. The monoisotopic (exact) mass is 889 g/mol. The van der Waals surface area contributed by atoms with Crippen LogP contribution in [0.2, 0.25) is 18.1 Å². The first-order chi connectivity index (χ1) is 27.3. The molecule has 0 bridgehead atoms. The third-order valence-electron chi connectivity index (χ3n) is 10.2. The summed E-state index contributed by atoms with van der Waals surface area (Å²) in [6.45, 7) is 8.24. The molecular formula is C33H50FN9O11P2SSi. The van der Waals surface area contributed by atoms with Gasteiger partial charge >= 0.3 is 15.0 Å². The number of hydrogen-bond donors (Lipinski definition) is 5. The van der Waals surface area contributed by atoms with Crippen molar-refractivity contribution >= 4 is 63.9 Å². The number of carbonyl (C=O) groups excluding carboxylic acids is 1. The van der Waals surface area contributed by atoms with Crippen molar-refractivity contribution in [3.05, 3.63) is 35.3 Å². The average Bonchev–Trinajstić information content (AvgIpc) is 3.80. The maximum absolute atomic E-state index is 15.9. The lowest BCUT2D eigenvalue weighted by molar-refractivity contribution is -0.118. The molecule has 0 spiro atoms. The summed E-state index contributed by atoms with van der Waals surface area (Å²) >= 11 is 5.97. The highest BCUT2D eigenvalue weighted by Gasteiger charge is 2.54. The summed E-state index contributed by atoms with van der Waals surface area (Å²) in [5, 5.41) is 25.3. The summed E-state index contributed by atoms with van der Waals surface area (Å²) < 4.78 is 66.5. The number of hydrogen-bond acceptors (Lipinski definition) is 17. The number of anilines is 2. The van der Waals surface area contributed by atoms with Crippen LogP contribution in [-0.2, 0) is 48.4 Å². The maximum atomic E-state index is 15.9. The van der Waals surface area contributed by atoms with Gasteiger partial charge in [0.1, 0.15) is 42.7 Å². The number of imidazole rings is 1. The molecule has 5 N–H and O–H groups in total. The normalized spacial score (nSPS) is 26.7. The molecule has 10 atom stereocenters. The second kappa shape index (κ2) is 19.1. The lowest BCUT2D eigenvalue weighted by Crippen LogP contribution is -2.50. The highest BCUT2D eigenvalue weighted by molar-refractivity contribution is 8.07. The van der Waals surface area contributed by atoms with Crippen LogP contribution in [0.25, 0.3) is 11.2 Å². The fourth-order valence-electron chi connectivity index (χ4n) is 6.14. The van der Waals surface area contributed by atoms with Crippen molar-refractivity contribution in [1.29, 1.82) is 5.26 Å². The zero-order valence-corrected chi connectivity index (χ0v) is 36.7. The quantitative estimate of drug-likeness (QED) is 0.0687. The van der Waals surface area contributed by atoms with Gasteiger partial charge in [-0.15, -0.1) is 0 Å². The number of amides is 1. The molecule has 320 valence electrons. The summed E-state index contributed by atoms with van der Waals surface area (Å²) in [6.07, 6.45) is -3.75. The van der Waals surface area contributed by atoms with E-state index in [4.69, 9.17) is 39.1 Å². The number of nitrogens with zero attached hydrogens (tertiary/aromatic N) is 6. The number of aliphatic hydroxyl groups is 1. The number of halogens is 1. The maximum Gasteiger partial charge on any atom is 0.327 e. The Hall–Kier alpha value is -3.10. The molecule has 1 aliphatic carbocycles. The van der Waals surface area contributed by atoms with E-state index < -0.39 is 96.1 Å². The molecule has 20 nitrogen and oxygen atoms in total. The van der Waals surface area contributed by atoms with E-state index in [0.29, 0.717) is 5.82 Å². The third-order valence-corrected chi connectivity index (χ3v) is 17.5. The molecule has 1 amide bonds. The summed E-state index contributed by atoms with van der Waals surface area (Å²) in [6, 6.07) is 2.61. The van der Waals surface area contributed by atoms with Crippen molar-refractivity contribution in [2.45, 2.75) is 108 Å². The molecule has 3 unspecified atom stereocenters. The number of nitriles is 1. The highest BCUT2D eigenvalue weighted by Crippen LogP contribution is 2.56. The first-order valence-corrected chi connectivity index (χ1v) is 25.2. The molecule has 1 saturated carbocycles. The molecule has 5 rings (SSSR count). The van der Waals surface area contributed by atoms with Crippen molar-refractivity contribution < 1.29 is 51.0 Å². The van der Waals surface area contributed by atoms with Crippen LogP contribution in [0.3, 0.4) is 0 Å². The number of nitrogens with one attached hydrogen (secondary N) is 3. The number of H-pyrrole nitrogens is 1. The SMILES string of the molecule is CC(C)C(=O)Nc1nc2c(ncn2[C@@H]2O[C@H](CO)C(O[Si](C)(C)C(C)(C)C)[C@H]2OP(=S)(OCCC#N)OC[C@H]2C[C@@H](Nc3ccncn3)[C@H](F)[C@@H]2O[PH](=O)O)c(=O)[nH]1. The standard InChI is InChI=1S/C33H50FN9O11P2SSi/c1-18(2)29(45)41-32-40-28-24(30(46)42-32)38-17-43(28)31-27(26(21(14-44)51-31)54-58(6,7)33(3,4)5)53-56(57,49-12-8-10-35)50-15-19-13-20(23(34)25(19)52-55(47)48)39-22-9-11-36-16-37-22/h9,11,16-21,23,25-27,31,44,55H,8,12-15H2,1-7H3,(H,47,48)(H,36,37,39)(H2,40,41,42,45,46)/t19-,20-,21-,23+,25-,26?,27-,31-,56?/m1/s1. The molecular weight excluding hydrogens is 840 g/mol. The van der Waals surface area contributed by atoms with E-state index in [0.717, 1.165) is 0 Å².